The summed E-state index contributed by atoms with van der Waals surface area (Å²) in [6, 6.07) is 0.803. The second-order valence-electron chi connectivity index (χ2n) is 4.96. The van der Waals surface area contributed by atoms with Gasteiger partial charge in [-0.15, -0.1) is 0 Å². The van der Waals surface area contributed by atoms with Crippen LogP contribution in [0.5, 0.6) is 0 Å². The number of nitrogens with zero attached hydrogens (tertiary/aromatic N) is 1. The third-order valence-electron chi connectivity index (χ3n) is 3.65. The van der Waals surface area contributed by atoms with Crippen molar-refractivity contribution in [3.63, 3.8) is 0 Å². The van der Waals surface area contributed by atoms with E-state index in [1.54, 1.807) is 0 Å². The number of morpholine rings is 1. The SMILES string of the molecule is CC(N)C1CN(C2CCCOCC2)CCO1. The topological polar surface area (TPSA) is 47.7 Å². The van der Waals surface area contributed by atoms with Gasteiger partial charge in [0.2, 0.25) is 0 Å². The highest BCUT2D eigenvalue weighted by atomic mass is 16.5. The molecule has 2 rings (SSSR count). The van der Waals surface area contributed by atoms with E-state index in [2.05, 4.69) is 4.90 Å². The van der Waals surface area contributed by atoms with E-state index in [0.717, 1.165) is 39.3 Å². The molecular formula is C12H24N2O2. The van der Waals surface area contributed by atoms with E-state index < -0.39 is 0 Å². The predicted octanol–water partition coefficient (Wildman–Crippen LogP) is 0.603. The summed E-state index contributed by atoms with van der Waals surface area (Å²) in [5.41, 5.74) is 5.91. The maximum Gasteiger partial charge on any atom is 0.0850 e. The van der Waals surface area contributed by atoms with Crippen LogP contribution in [-0.2, 0) is 9.47 Å². The fraction of sp³-hybridized carbons (Fsp3) is 1.00. The molecule has 0 amide bonds. The number of hydrogen-bond donors (Lipinski definition) is 1. The van der Waals surface area contributed by atoms with Gasteiger partial charge >= 0.3 is 0 Å². The molecule has 2 fully saturated rings. The minimum absolute atomic E-state index is 0.129. The fourth-order valence-electron chi connectivity index (χ4n) is 2.60. The Bertz CT molecular complexity index is 203. The summed E-state index contributed by atoms with van der Waals surface area (Å²) in [7, 11) is 0. The van der Waals surface area contributed by atoms with Crippen LogP contribution in [0.3, 0.4) is 0 Å². The molecule has 0 aromatic carbocycles. The maximum atomic E-state index is 5.91. The Morgan fingerprint density at radius 3 is 2.94 bits per heavy atom. The van der Waals surface area contributed by atoms with Crippen molar-refractivity contribution in [3.05, 3.63) is 0 Å². The van der Waals surface area contributed by atoms with Crippen molar-refractivity contribution in [2.75, 3.05) is 32.9 Å². The first-order valence-corrected chi connectivity index (χ1v) is 6.46. The third-order valence-corrected chi connectivity index (χ3v) is 3.65. The Morgan fingerprint density at radius 2 is 2.12 bits per heavy atom. The molecule has 94 valence electrons. The Kier molecular flexibility index (Phi) is 4.58. The highest BCUT2D eigenvalue weighted by Crippen LogP contribution is 2.19. The summed E-state index contributed by atoms with van der Waals surface area (Å²) >= 11 is 0. The second-order valence-corrected chi connectivity index (χ2v) is 4.96. The summed E-state index contributed by atoms with van der Waals surface area (Å²) < 4.78 is 11.2. The summed E-state index contributed by atoms with van der Waals surface area (Å²) in [4.78, 5) is 2.55. The molecule has 4 nitrogen and oxygen atoms in total. The molecular weight excluding hydrogens is 204 g/mol. The zero-order chi connectivity index (χ0) is 11.4. The largest absolute Gasteiger partial charge is 0.381 e. The zero-order valence-electron chi connectivity index (χ0n) is 10.2. The van der Waals surface area contributed by atoms with Crippen LogP contribution in [0.2, 0.25) is 0 Å². The van der Waals surface area contributed by atoms with E-state index in [1.165, 1.54) is 12.8 Å². The Morgan fingerprint density at radius 1 is 1.25 bits per heavy atom. The summed E-state index contributed by atoms with van der Waals surface area (Å²) in [6.45, 7) is 6.73. The van der Waals surface area contributed by atoms with Gasteiger partial charge in [-0.1, -0.05) is 0 Å². The predicted molar refractivity (Wildman–Crippen MR) is 63.4 cm³/mol. The van der Waals surface area contributed by atoms with Gasteiger partial charge in [0.15, 0.2) is 0 Å². The lowest BCUT2D eigenvalue weighted by Gasteiger charge is -2.39. The molecule has 0 saturated carbocycles. The molecule has 2 N–H and O–H groups in total. The van der Waals surface area contributed by atoms with Crippen LogP contribution in [-0.4, -0.2) is 56.0 Å². The standard InChI is InChI=1S/C12H24N2O2/c1-10(13)12-9-14(5-8-16-12)11-3-2-6-15-7-4-11/h10-12H,2-9,13H2,1H3. The number of rotatable bonds is 2. The van der Waals surface area contributed by atoms with Gasteiger partial charge in [0.1, 0.15) is 0 Å². The maximum absolute atomic E-state index is 5.91. The second kappa shape index (κ2) is 5.96. The highest BCUT2D eigenvalue weighted by molar-refractivity contribution is 4.82. The van der Waals surface area contributed by atoms with Crippen LogP contribution < -0.4 is 5.73 Å². The summed E-state index contributed by atoms with van der Waals surface area (Å²) in [6.07, 6.45) is 3.81. The van der Waals surface area contributed by atoms with Gasteiger partial charge in [0.05, 0.1) is 12.7 Å². The minimum Gasteiger partial charge on any atom is -0.381 e. The van der Waals surface area contributed by atoms with Gasteiger partial charge in [0.25, 0.3) is 0 Å². The van der Waals surface area contributed by atoms with Gasteiger partial charge in [-0.05, 0) is 26.2 Å². The van der Waals surface area contributed by atoms with Crippen molar-refractivity contribution in [2.24, 2.45) is 5.73 Å². The first kappa shape index (κ1) is 12.3. The number of ether oxygens (including phenoxy) is 2. The lowest BCUT2D eigenvalue weighted by Crippen LogP contribution is -2.52. The minimum atomic E-state index is 0.129. The lowest BCUT2D eigenvalue weighted by atomic mass is 10.0. The van der Waals surface area contributed by atoms with Crippen LogP contribution >= 0.6 is 0 Å². The van der Waals surface area contributed by atoms with Gasteiger partial charge in [-0.25, -0.2) is 0 Å². The molecule has 16 heavy (non-hydrogen) atoms. The molecule has 0 bridgehead atoms. The molecule has 0 spiro atoms. The molecule has 2 saturated heterocycles. The van der Waals surface area contributed by atoms with E-state index >= 15 is 0 Å². The van der Waals surface area contributed by atoms with E-state index in [-0.39, 0.29) is 12.1 Å². The highest BCUT2D eigenvalue weighted by Gasteiger charge is 2.28. The first-order chi connectivity index (χ1) is 7.77. The molecule has 4 heteroatoms. The van der Waals surface area contributed by atoms with E-state index in [9.17, 15) is 0 Å². The molecule has 0 aromatic heterocycles. The van der Waals surface area contributed by atoms with Crippen molar-refractivity contribution in [3.8, 4) is 0 Å². The van der Waals surface area contributed by atoms with Crippen molar-refractivity contribution < 1.29 is 9.47 Å². The van der Waals surface area contributed by atoms with Gasteiger partial charge in [-0.3, -0.25) is 4.90 Å². The molecule has 2 aliphatic heterocycles. The van der Waals surface area contributed by atoms with Crippen LogP contribution in [0.4, 0.5) is 0 Å². The van der Waals surface area contributed by atoms with E-state index in [0.29, 0.717) is 6.04 Å². The fourth-order valence-corrected chi connectivity index (χ4v) is 2.60. The molecule has 2 heterocycles. The van der Waals surface area contributed by atoms with Gasteiger partial charge < -0.3 is 15.2 Å². The zero-order valence-corrected chi connectivity index (χ0v) is 10.2. The molecule has 3 unspecified atom stereocenters. The molecule has 2 aliphatic rings. The Balaban J connectivity index is 1.87. The smallest absolute Gasteiger partial charge is 0.0850 e. The van der Waals surface area contributed by atoms with Gasteiger partial charge in [-0.2, -0.15) is 0 Å². The average molecular weight is 228 g/mol. The Hall–Kier alpha value is -0.160. The molecule has 0 radical (unpaired) electrons. The third kappa shape index (κ3) is 3.17. The molecule has 0 aromatic rings. The summed E-state index contributed by atoms with van der Waals surface area (Å²) in [5.74, 6) is 0. The van der Waals surface area contributed by atoms with Crippen molar-refractivity contribution in [1.82, 2.24) is 4.90 Å². The quantitative estimate of drug-likeness (QED) is 0.752. The lowest BCUT2D eigenvalue weighted by molar-refractivity contribution is -0.0537. The van der Waals surface area contributed by atoms with Crippen molar-refractivity contribution >= 4 is 0 Å². The van der Waals surface area contributed by atoms with Crippen molar-refractivity contribution in [2.45, 2.75) is 44.4 Å². The monoisotopic (exact) mass is 228 g/mol. The van der Waals surface area contributed by atoms with Crippen LogP contribution in [0, 0.1) is 0 Å². The van der Waals surface area contributed by atoms with Gasteiger partial charge in [0, 0.05) is 38.4 Å². The molecule has 0 aliphatic carbocycles. The normalized spacial score (nSPS) is 35.6. The number of hydrogen-bond acceptors (Lipinski definition) is 4. The van der Waals surface area contributed by atoms with Crippen LogP contribution in [0.25, 0.3) is 0 Å². The van der Waals surface area contributed by atoms with Crippen molar-refractivity contribution in [1.29, 1.82) is 0 Å². The number of nitrogens with two attached hydrogens (primary N) is 1. The Labute approximate surface area is 98.1 Å². The average Bonchev–Trinajstić information content (AvgIpc) is 2.57. The first-order valence-electron chi connectivity index (χ1n) is 6.46. The summed E-state index contributed by atoms with van der Waals surface area (Å²) in [5, 5.41) is 0. The van der Waals surface area contributed by atoms with Crippen LogP contribution in [0.1, 0.15) is 26.2 Å². The van der Waals surface area contributed by atoms with E-state index in [4.69, 9.17) is 15.2 Å². The van der Waals surface area contributed by atoms with Crippen LogP contribution in [0.15, 0.2) is 0 Å². The molecule has 3 atom stereocenters. The van der Waals surface area contributed by atoms with E-state index in [1.807, 2.05) is 6.92 Å².